The summed E-state index contributed by atoms with van der Waals surface area (Å²) in [7, 11) is 0. The predicted octanol–water partition coefficient (Wildman–Crippen LogP) is 3.87. The van der Waals surface area contributed by atoms with E-state index in [0.29, 0.717) is 11.3 Å². The number of urea groups is 1. The molecule has 0 aliphatic heterocycles. The lowest BCUT2D eigenvalue weighted by Gasteiger charge is -2.08. The Balaban J connectivity index is 1.87. The van der Waals surface area contributed by atoms with Crippen molar-refractivity contribution in [3.63, 3.8) is 0 Å². The number of amides is 2. The second-order valence-corrected chi connectivity index (χ2v) is 5.01. The lowest BCUT2D eigenvalue weighted by molar-refractivity contribution is 0.251. The summed E-state index contributed by atoms with van der Waals surface area (Å²) in [6.07, 6.45) is 1.99. The third kappa shape index (κ3) is 3.99. The molecule has 2 rings (SSSR count). The van der Waals surface area contributed by atoms with Crippen LogP contribution < -0.4 is 10.6 Å². The van der Waals surface area contributed by atoms with Gasteiger partial charge in [0, 0.05) is 22.7 Å². The average molecular weight is 290 g/mol. The van der Waals surface area contributed by atoms with E-state index in [2.05, 4.69) is 10.6 Å². The zero-order chi connectivity index (χ0) is 14.4. The minimum absolute atomic E-state index is 0.154. The molecule has 5 heteroatoms. The van der Waals surface area contributed by atoms with Crippen molar-refractivity contribution in [2.24, 2.45) is 0 Å². The van der Waals surface area contributed by atoms with Gasteiger partial charge in [-0.05, 0) is 36.6 Å². The Labute approximate surface area is 121 Å². The third-order valence-electron chi connectivity index (χ3n) is 2.75. The van der Waals surface area contributed by atoms with Gasteiger partial charge in [0.2, 0.25) is 0 Å². The van der Waals surface area contributed by atoms with E-state index in [1.54, 1.807) is 30.0 Å². The fourth-order valence-electron chi connectivity index (χ4n) is 1.67. The summed E-state index contributed by atoms with van der Waals surface area (Å²) in [6, 6.07) is 13.5. The molecule has 104 valence electrons. The Morgan fingerprint density at radius 3 is 2.50 bits per heavy atom. The zero-order valence-corrected chi connectivity index (χ0v) is 11.8. The molecule has 0 saturated heterocycles. The van der Waals surface area contributed by atoms with Gasteiger partial charge in [-0.2, -0.15) is 0 Å². The summed E-state index contributed by atoms with van der Waals surface area (Å²) in [5.74, 6) is -0.322. The molecule has 2 N–H and O–H groups in total. The van der Waals surface area contributed by atoms with Crippen molar-refractivity contribution in [2.75, 3.05) is 11.6 Å². The van der Waals surface area contributed by atoms with Crippen molar-refractivity contribution in [1.29, 1.82) is 0 Å². The van der Waals surface area contributed by atoms with Crippen molar-refractivity contribution < 1.29 is 9.18 Å². The SMILES string of the molecule is CSc1ccc(NC(=O)NCc2ccccc2F)cc1. The Bertz CT molecular complexity index is 587. The smallest absolute Gasteiger partial charge is 0.319 e. The normalized spacial score (nSPS) is 10.1. The molecule has 0 spiro atoms. The van der Waals surface area contributed by atoms with Crippen LogP contribution in [0.1, 0.15) is 5.56 Å². The van der Waals surface area contributed by atoms with Gasteiger partial charge in [0.15, 0.2) is 0 Å². The van der Waals surface area contributed by atoms with E-state index in [4.69, 9.17) is 0 Å². The molecule has 0 unspecified atom stereocenters. The van der Waals surface area contributed by atoms with Crippen LogP contribution in [0, 0.1) is 5.82 Å². The fourth-order valence-corrected chi connectivity index (χ4v) is 2.08. The van der Waals surface area contributed by atoms with Crippen molar-refractivity contribution in [3.05, 3.63) is 59.9 Å². The van der Waals surface area contributed by atoms with Crippen LogP contribution in [-0.2, 0) is 6.54 Å². The summed E-state index contributed by atoms with van der Waals surface area (Å²) < 4.78 is 13.4. The summed E-state index contributed by atoms with van der Waals surface area (Å²) in [6.45, 7) is 0.154. The standard InChI is InChI=1S/C15H15FN2OS/c1-20-13-8-6-12(7-9-13)18-15(19)17-10-11-4-2-3-5-14(11)16/h2-9H,10H2,1H3,(H2,17,18,19). The lowest BCUT2D eigenvalue weighted by atomic mass is 10.2. The molecular formula is C15H15FN2OS. The number of carbonyl (C=O) groups excluding carboxylic acids is 1. The first kappa shape index (κ1) is 14.4. The first-order chi connectivity index (χ1) is 9.69. The van der Waals surface area contributed by atoms with E-state index < -0.39 is 0 Å². The van der Waals surface area contributed by atoms with E-state index >= 15 is 0 Å². The van der Waals surface area contributed by atoms with Crippen molar-refractivity contribution >= 4 is 23.5 Å². The largest absolute Gasteiger partial charge is 0.334 e. The number of hydrogen-bond donors (Lipinski definition) is 2. The molecule has 2 aromatic rings. The highest BCUT2D eigenvalue weighted by atomic mass is 32.2. The number of hydrogen-bond acceptors (Lipinski definition) is 2. The number of anilines is 1. The van der Waals surface area contributed by atoms with Crippen LogP contribution in [0.15, 0.2) is 53.4 Å². The van der Waals surface area contributed by atoms with E-state index in [-0.39, 0.29) is 18.4 Å². The molecule has 0 aromatic heterocycles. The van der Waals surface area contributed by atoms with Gasteiger partial charge in [0.1, 0.15) is 5.82 Å². The van der Waals surface area contributed by atoms with E-state index in [0.717, 1.165) is 4.90 Å². The van der Waals surface area contributed by atoms with E-state index in [1.807, 2.05) is 30.5 Å². The maximum absolute atomic E-state index is 13.4. The number of carbonyl (C=O) groups is 1. The Hall–Kier alpha value is -2.01. The van der Waals surface area contributed by atoms with Gasteiger partial charge in [0.05, 0.1) is 0 Å². The van der Waals surface area contributed by atoms with Crippen LogP contribution >= 0.6 is 11.8 Å². The van der Waals surface area contributed by atoms with Gasteiger partial charge in [0.25, 0.3) is 0 Å². The van der Waals surface area contributed by atoms with Gasteiger partial charge in [-0.15, -0.1) is 11.8 Å². The Morgan fingerprint density at radius 2 is 1.85 bits per heavy atom. The lowest BCUT2D eigenvalue weighted by Crippen LogP contribution is -2.28. The average Bonchev–Trinajstić information content (AvgIpc) is 2.47. The molecule has 2 aromatic carbocycles. The van der Waals surface area contributed by atoms with Crippen molar-refractivity contribution in [1.82, 2.24) is 5.32 Å². The molecule has 0 aliphatic rings. The number of nitrogens with one attached hydrogen (secondary N) is 2. The maximum atomic E-state index is 13.4. The first-order valence-corrected chi connectivity index (χ1v) is 7.34. The minimum atomic E-state index is -0.356. The highest BCUT2D eigenvalue weighted by molar-refractivity contribution is 7.98. The van der Waals surface area contributed by atoms with Crippen LogP contribution in [0.25, 0.3) is 0 Å². The molecule has 0 heterocycles. The highest BCUT2D eigenvalue weighted by Crippen LogP contribution is 2.17. The second kappa shape index (κ2) is 6.96. The van der Waals surface area contributed by atoms with Crippen LogP contribution in [0.2, 0.25) is 0 Å². The highest BCUT2D eigenvalue weighted by Gasteiger charge is 2.04. The molecular weight excluding hydrogens is 275 g/mol. The Morgan fingerprint density at radius 1 is 1.15 bits per heavy atom. The molecule has 0 atom stereocenters. The molecule has 0 bridgehead atoms. The second-order valence-electron chi connectivity index (χ2n) is 4.13. The van der Waals surface area contributed by atoms with Gasteiger partial charge in [-0.1, -0.05) is 18.2 Å². The van der Waals surface area contributed by atoms with Gasteiger partial charge in [-0.3, -0.25) is 0 Å². The first-order valence-electron chi connectivity index (χ1n) is 6.11. The van der Waals surface area contributed by atoms with Crippen molar-refractivity contribution in [3.8, 4) is 0 Å². The van der Waals surface area contributed by atoms with E-state index in [1.165, 1.54) is 6.07 Å². The summed E-state index contributed by atoms with van der Waals surface area (Å²) in [5.41, 5.74) is 1.16. The molecule has 2 amide bonds. The summed E-state index contributed by atoms with van der Waals surface area (Å²) in [4.78, 5) is 12.8. The summed E-state index contributed by atoms with van der Waals surface area (Å²) >= 11 is 1.64. The number of halogens is 1. The molecule has 3 nitrogen and oxygen atoms in total. The van der Waals surface area contributed by atoms with Crippen LogP contribution in [0.3, 0.4) is 0 Å². The Kier molecular flexibility index (Phi) is 5.01. The quantitative estimate of drug-likeness (QED) is 0.839. The maximum Gasteiger partial charge on any atom is 0.319 e. The third-order valence-corrected chi connectivity index (χ3v) is 3.49. The van der Waals surface area contributed by atoms with Crippen LogP contribution in [-0.4, -0.2) is 12.3 Å². The number of benzene rings is 2. The van der Waals surface area contributed by atoms with Crippen LogP contribution in [0.4, 0.5) is 14.9 Å². The minimum Gasteiger partial charge on any atom is -0.334 e. The van der Waals surface area contributed by atoms with Gasteiger partial charge < -0.3 is 10.6 Å². The van der Waals surface area contributed by atoms with E-state index in [9.17, 15) is 9.18 Å². The monoisotopic (exact) mass is 290 g/mol. The predicted molar refractivity (Wildman–Crippen MR) is 80.5 cm³/mol. The molecule has 0 aliphatic carbocycles. The van der Waals surface area contributed by atoms with Gasteiger partial charge in [-0.25, -0.2) is 9.18 Å². The summed E-state index contributed by atoms with van der Waals surface area (Å²) in [5, 5.41) is 5.32. The topological polar surface area (TPSA) is 41.1 Å². The van der Waals surface area contributed by atoms with Crippen LogP contribution in [0.5, 0.6) is 0 Å². The fraction of sp³-hybridized carbons (Fsp3) is 0.133. The molecule has 0 saturated carbocycles. The zero-order valence-electron chi connectivity index (χ0n) is 11.0. The van der Waals surface area contributed by atoms with Gasteiger partial charge >= 0.3 is 6.03 Å². The molecule has 20 heavy (non-hydrogen) atoms. The van der Waals surface area contributed by atoms with Crippen molar-refractivity contribution in [2.45, 2.75) is 11.4 Å². The number of rotatable bonds is 4. The molecule has 0 radical (unpaired) electrons. The number of thioether (sulfide) groups is 1. The molecule has 0 fully saturated rings.